The molecule has 86 valence electrons. The summed E-state index contributed by atoms with van der Waals surface area (Å²) in [6, 6.07) is 4.39. The lowest BCUT2D eigenvalue weighted by Crippen LogP contribution is -2.54. The van der Waals surface area contributed by atoms with Crippen molar-refractivity contribution in [1.82, 2.24) is 4.90 Å². The highest BCUT2D eigenvalue weighted by Crippen LogP contribution is 2.45. The van der Waals surface area contributed by atoms with E-state index < -0.39 is 0 Å². The smallest absolute Gasteiger partial charge is 0.133 e. The Morgan fingerprint density at radius 1 is 1.25 bits per heavy atom. The molecule has 1 aliphatic carbocycles. The SMILES string of the molecule is O=C1CCC(c2cccs2)(N2CCC2)CC1. The van der Waals surface area contributed by atoms with Gasteiger partial charge < -0.3 is 0 Å². The molecule has 1 aromatic rings. The Hall–Kier alpha value is -0.670. The molecule has 1 saturated carbocycles. The van der Waals surface area contributed by atoms with Gasteiger partial charge in [0.2, 0.25) is 0 Å². The van der Waals surface area contributed by atoms with E-state index in [-0.39, 0.29) is 5.54 Å². The van der Waals surface area contributed by atoms with Gasteiger partial charge in [-0.3, -0.25) is 9.69 Å². The highest BCUT2D eigenvalue weighted by Gasteiger charge is 2.44. The van der Waals surface area contributed by atoms with Crippen molar-refractivity contribution < 1.29 is 4.79 Å². The molecule has 3 rings (SSSR count). The van der Waals surface area contributed by atoms with E-state index in [2.05, 4.69) is 22.4 Å². The molecule has 2 aliphatic rings. The fourth-order valence-electron chi connectivity index (χ4n) is 2.95. The zero-order chi connectivity index (χ0) is 11.0. The molecule has 0 radical (unpaired) electrons. The van der Waals surface area contributed by atoms with Crippen molar-refractivity contribution in [3.8, 4) is 0 Å². The minimum absolute atomic E-state index is 0.209. The molecule has 0 spiro atoms. The molecule has 2 heterocycles. The van der Waals surface area contributed by atoms with E-state index in [1.807, 2.05) is 11.3 Å². The molecular formula is C13H17NOS. The second-order valence-electron chi connectivity index (χ2n) is 4.89. The number of ketones is 1. The van der Waals surface area contributed by atoms with Gasteiger partial charge in [-0.1, -0.05) is 6.07 Å². The topological polar surface area (TPSA) is 20.3 Å². The maximum absolute atomic E-state index is 11.4. The highest BCUT2D eigenvalue weighted by atomic mass is 32.1. The van der Waals surface area contributed by atoms with Gasteiger partial charge in [-0.05, 0) is 30.7 Å². The van der Waals surface area contributed by atoms with Gasteiger partial charge in [0.25, 0.3) is 0 Å². The van der Waals surface area contributed by atoms with Gasteiger partial charge in [-0.15, -0.1) is 11.3 Å². The lowest BCUT2D eigenvalue weighted by atomic mass is 9.77. The second kappa shape index (κ2) is 3.97. The normalized spacial score (nSPS) is 25.4. The average molecular weight is 235 g/mol. The van der Waals surface area contributed by atoms with Gasteiger partial charge >= 0.3 is 0 Å². The zero-order valence-corrected chi connectivity index (χ0v) is 10.3. The third-order valence-corrected chi connectivity index (χ3v) is 5.14. The standard InChI is InChI=1S/C13H17NOS/c15-11-4-6-13(7-5-11,14-8-2-9-14)12-3-1-10-16-12/h1,3,10H,2,4-9H2. The van der Waals surface area contributed by atoms with E-state index in [1.54, 1.807) is 0 Å². The molecule has 2 nitrogen and oxygen atoms in total. The quantitative estimate of drug-likeness (QED) is 0.785. The summed E-state index contributed by atoms with van der Waals surface area (Å²) in [6.45, 7) is 2.43. The van der Waals surface area contributed by atoms with Gasteiger partial charge in [-0.2, -0.15) is 0 Å². The summed E-state index contributed by atoms with van der Waals surface area (Å²) in [5.41, 5.74) is 0.209. The second-order valence-corrected chi connectivity index (χ2v) is 5.84. The molecule has 0 bridgehead atoms. The summed E-state index contributed by atoms with van der Waals surface area (Å²) < 4.78 is 0. The molecule has 1 aliphatic heterocycles. The van der Waals surface area contributed by atoms with Crippen LogP contribution in [0.25, 0.3) is 0 Å². The van der Waals surface area contributed by atoms with E-state index in [1.165, 1.54) is 24.4 Å². The van der Waals surface area contributed by atoms with Crippen LogP contribution < -0.4 is 0 Å². The molecule has 2 fully saturated rings. The Bertz CT molecular complexity index is 371. The van der Waals surface area contributed by atoms with Crippen LogP contribution >= 0.6 is 11.3 Å². The molecule has 0 atom stereocenters. The van der Waals surface area contributed by atoms with Crippen LogP contribution in [0.4, 0.5) is 0 Å². The molecule has 1 saturated heterocycles. The number of carbonyl (C=O) groups is 1. The Labute approximate surface area is 100 Å². The largest absolute Gasteiger partial charge is 0.300 e. The fraction of sp³-hybridized carbons (Fsp3) is 0.615. The van der Waals surface area contributed by atoms with Gasteiger partial charge in [-0.25, -0.2) is 0 Å². The number of likely N-dealkylation sites (tertiary alicyclic amines) is 1. The number of nitrogens with zero attached hydrogens (tertiary/aromatic N) is 1. The Kier molecular flexibility index (Phi) is 2.60. The van der Waals surface area contributed by atoms with E-state index in [0.29, 0.717) is 5.78 Å². The third-order valence-electron chi connectivity index (χ3n) is 4.08. The van der Waals surface area contributed by atoms with Crippen molar-refractivity contribution in [1.29, 1.82) is 0 Å². The summed E-state index contributed by atoms with van der Waals surface area (Å²) in [4.78, 5) is 15.5. The van der Waals surface area contributed by atoms with Gasteiger partial charge in [0.15, 0.2) is 0 Å². The highest BCUT2D eigenvalue weighted by molar-refractivity contribution is 7.10. The van der Waals surface area contributed by atoms with E-state index in [0.717, 1.165) is 25.7 Å². The van der Waals surface area contributed by atoms with Crippen LogP contribution in [0.5, 0.6) is 0 Å². The molecule has 0 amide bonds. The van der Waals surface area contributed by atoms with Crippen molar-refractivity contribution in [3.05, 3.63) is 22.4 Å². The first kappa shape index (κ1) is 10.5. The van der Waals surface area contributed by atoms with E-state index >= 15 is 0 Å². The Balaban J connectivity index is 1.91. The van der Waals surface area contributed by atoms with Crippen molar-refractivity contribution >= 4 is 17.1 Å². The van der Waals surface area contributed by atoms with Crippen LogP contribution in [-0.2, 0) is 10.3 Å². The van der Waals surface area contributed by atoms with Gasteiger partial charge in [0.05, 0.1) is 5.54 Å². The van der Waals surface area contributed by atoms with E-state index in [9.17, 15) is 4.79 Å². The number of Topliss-reactive ketones (excluding diaryl/α,β-unsaturated/α-hetero) is 1. The molecule has 0 aromatic carbocycles. The van der Waals surface area contributed by atoms with Crippen molar-refractivity contribution in [3.63, 3.8) is 0 Å². The van der Waals surface area contributed by atoms with E-state index in [4.69, 9.17) is 0 Å². The monoisotopic (exact) mass is 235 g/mol. The predicted octanol–water partition coefficient (Wildman–Crippen LogP) is 2.79. The van der Waals surface area contributed by atoms with Crippen molar-refractivity contribution in [2.75, 3.05) is 13.1 Å². The summed E-state index contributed by atoms with van der Waals surface area (Å²) in [5, 5.41) is 2.16. The third kappa shape index (κ3) is 1.54. The van der Waals surface area contributed by atoms with Crippen LogP contribution in [0, 0.1) is 0 Å². The zero-order valence-electron chi connectivity index (χ0n) is 9.45. The first-order valence-corrected chi connectivity index (χ1v) is 7.00. The number of hydrogen-bond donors (Lipinski definition) is 0. The summed E-state index contributed by atoms with van der Waals surface area (Å²) in [6.07, 6.45) is 4.93. The van der Waals surface area contributed by atoms with Crippen LogP contribution in [0.1, 0.15) is 37.0 Å². The number of carbonyl (C=O) groups excluding carboxylic acids is 1. The first-order chi connectivity index (χ1) is 7.81. The summed E-state index contributed by atoms with van der Waals surface area (Å²) >= 11 is 1.85. The molecule has 0 unspecified atom stereocenters. The van der Waals surface area contributed by atoms with Crippen molar-refractivity contribution in [2.24, 2.45) is 0 Å². The van der Waals surface area contributed by atoms with Crippen LogP contribution in [0.3, 0.4) is 0 Å². The lowest BCUT2D eigenvalue weighted by molar-refractivity contribution is -0.124. The van der Waals surface area contributed by atoms with Crippen LogP contribution in [0.15, 0.2) is 17.5 Å². The minimum atomic E-state index is 0.209. The number of rotatable bonds is 2. The summed E-state index contributed by atoms with van der Waals surface area (Å²) in [7, 11) is 0. The number of hydrogen-bond acceptors (Lipinski definition) is 3. The molecule has 16 heavy (non-hydrogen) atoms. The van der Waals surface area contributed by atoms with Gasteiger partial charge in [0.1, 0.15) is 5.78 Å². The fourth-order valence-corrected chi connectivity index (χ4v) is 3.96. The number of thiophene rings is 1. The maximum Gasteiger partial charge on any atom is 0.133 e. The van der Waals surface area contributed by atoms with Gasteiger partial charge in [0, 0.05) is 30.8 Å². The average Bonchev–Trinajstić information content (AvgIpc) is 2.72. The predicted molar refractivity (Wildman–Crippen MR) is 65.7 cm³/mol. The lowest BCUT2D eigenvalue weighted by Gasteiger charge is -2.50. The molecule has 3 heteroatoms. The maximum atomic E-state index is 11.4. The molecule has 1 aromatic heterocycles. The minimum Gasteiger partial charge on any atom is -0.300 e. The first-order valence-electron chi connectivity index (χ1n) is 6.12. The molecule has 0 N–H and O–H groups in total. The Morgan fingerprint density at radius 3 is 2.50 bits per heavy atom. The Morgan fingerprint density at radius 2 is 2.00 bits per heavy atom. The van der Waals surface area contributed by atoms with Crippen molar-refractivity contribution in [2.45, 2.75) is 37.6 Å². The van der Waals surface area contributed by atoms with Crippen LogP contribution in [-0.4, -0.2) is 23.8 Å². The van der Waals surface area contributed by atoms with Crippen LogP contribution in [0.2, 0.25) is 0 Å². The summed E-state index contributed by atoms with van der Waals surface area (Å²) in [5.74, 6) is 0.452. The molecular weight excluding hydrogens is 218 g/mol.